The Morgan fingerprint density at radius 3 is 1.57 bits per heavy atom. The van der Waals surface area contributed by atoms with Gasteiger partial charge in [0.1, 0.15) is 0 Å². The van der Waals surface area contributed by atoms with Gasteiger partial charge in [-0.3, -0.25) is 0 Å². The second-order valence-electron chi connectivity index (χ2n) is 7.09. The van der Waals surface area contributed by atoms with Crippen molar-refractivity contribution in [1.82, 2.24) is 0 Å². The average Bonchev–Trinajstić information content (AvgIpc) is 2.97. The zero-order valence-corrected chi connectivity index (χ0v) is 19.7. The van der Waals surface area contributed by atoms with Gasteiger partial charge in [0.15, 0.2) is 0 Å². The summed E-state index contributed by atoms with van der Waals surface area (Å²) in [6.07, 6.45) is 21.1. The third-order valence-corrected chi connectivity index (χ3v) is 22.2. The molecular weight excluding hydrogens is 490 g/mol. The fourth-order valence-electron chi connectivity index (χ4n) is 3.92. The number of halogens is 2. The van der Waals surface area contributed by atoms with Gasteiger partial charge in [0.2, 0.25) is 0 Å². The minimum Gasteiger partial charge on any atom is -1.00 e. The minimum atomic E-state index is -2.10. The van der Waals surface area contributed by atoms with Crippen LogP contribution in [-0.4, -0.2) is 0 Å². The van der Waals surface area contributed by atoms with E-state index in [2.05, 4.69) is 38.2 Å². The van der Waals surface area contributed by atoms with Gasteiger partial charge in [0.05, 0.1) is 0 Å². The van der Waals surface area contributed by atoms with Crippen LogP contribution >= 0.6 is 0 Å². The van der Waals surface area contributed by atoms with Crippen LogP contribution in [0.5, 0.6) is 0 Å². The van der Waals surface area contributed by atoms with Crippen molar-refractivity contribution in [2.75, 3.05) is 0 Å². The van der Waals surface area contributed by atoms with Crippen LogP contribution in [0.25, 0.3) is 0 Å². The van der Waals surface area contributed by atoms with Crippen LogP contribution in [0.3, 0.4) is 0 Å². The predicted molar refractivity (Wildman–Crippen MR) is 90.2 cm³/mol. The Balaban J connectivity index is 0.00000132. The largest absolute Gasteiger partial charge is 1.00 e. The molecule has 3 aliphatic rings. The maximum Gasteiger partial charge on any atom is -1.00 e. The zero-order valence-electron chi connectivity index (χ0n) is 14.6. The van der Waals surface area contributed by atoms with Crippen LogP contribution in [0.2, 0.25) is 8.35 Å². The van der Waals surface area contributed by atoms with Crippen molar-refractivity contribution in [3.8, 4) is 0 Å². The molecule has 1 saturated heterocycles. The number of rotatable bonds is 8. The van der Waals surface area contributed by atoms with Crippen LogP contribution in [0.4, 0.5) is 0 Å². The molecule has 0 bridgehead atoms. The Bertz CT molecular complexity index is 478. The van der Waals surface area contributed by atoms with Crippen molar-refractivity contribution in [3.63, 3.8) is 0 Å². The molecule has 1 heterocycles. The van der Waals surface area contributed by atoms with Gasteiger partial charge in [-0.25, -0.2) is 0 Å². The average molecular weight is 520 g/mol. The van der Waals surface area contributed by atoms with E-state index in [0.29, 0.717) is 0 Å². The van der Waals surface area contributed by atoms with Crippen molar-refractivity contribution in [3.05, 3.63) is 42.1 Å². The van der Waals surface area contributed by atoms with Crippen molar-refractivity contribution in [2.45, 2.75) is 73.6 Å². The molecule has 23 heavy (non-hydrogen) atoms. The Hall–Kier alpha value is 0.410. The minimum absolute atomic E-state index is 0. The summed E-state index contributed by atoms with van der Waals surface area (Å²) in [5.41, 5.74) is 3.33. The molecule has 3 heteroatoms. The Labute approximate surface area is 159 Å². The van der Waals surface area contributed by atoms with E-state index in [-0.39, 0.29) is 24.8 Å². The molecule has 2 aliphatic carbocycles. The summed E-state index contributed by atoms with van der Waals surface area (Å²) in [6, 6.07) is 0. The van der Waals surface area contributed by atoms with Crippen LogP contribution < -0.4 is 24.8 Å². The summed E-state index contributed by atoms with van der Waals surface area (Å²) in [5, 5.41) is 0. The van der Waals surface area contributed by atoms with Crippen LogP contribution in [0.1, 0.15) is 65.2 Å². The summed E-state index contributed by atoms with van der Waals surface area (Å²) in [7, 11) is 0. The molecule has 0 saturated carbocycles. The van der Waals surface area contributed by atoms with E-state index in [1.807, 2.05) is 6.66 Å². The van der Waals surface area contributed by atoms with Crippen molar-refractivity contribution in [1.29, 1.82) is 0 Å². The molecule has 0 N–H and O–H groups in total. The topological polar surface area (TPSA) is 0 Å². The first-order valence-electron chi connectivity index (χ1n) is 9.08. The maximum atomic E-state index is 2.65. The molecule has 0 nitrogen and oxygen atoms in total. The molecule has 0 aromatic rings. The molecule has 0 atom stereocenters. The van der Waals surface area contributed by atoms with Crippen molar-refractivity contribution >= 4 is 0 Å². The fraction of sp³-hybridized carbons (Fsp3) is 0.600. The number of hydrogen-bond acceptors (Lipinski definition) is 0. The smallest absolute Gasteiger partial charge is 1.00 e. The first kappa shape index (κ1) is 21.5. The monoisotopic (exact) mass is 520 g/mol. The molecular formula is C20H30Cl2Hf. The van der Waals surface area contributed by atoms with Gasteiger partial charge in [-0.15, -0.1) is 0 Å². The molecule has 0 aromatic heterocycles. The van der Waals surface area contributed by atoms with Gasteiger partial charge in [-0.05, 0) is 0 Å². The van der Waals surface area contributed by atoms with Crippen molar-refractivity contribution < 1.29 is 44.8 Å². The number of unbranched alkanes of at least 4 members (excludes halogenated alkanes) is 2. The molecule has 0 unspecified atom stereocenters. The molecule has 3 rings (SSSR count). The molecule has 0 amide bonds. The molecule has 0 aromatic carbocycles. The standard InChI is InChI=1S/2C9H13.C2H4.2ClH.Hf/c2*1-2-3-6-9-7-4-5-8-9;1-2;;;/h2*7-8H,2-4,6H2,1H3;1-2H2;2*1H;/q;;;;;+2/p-2. The summed E-state index contributed by atoms with van der Waals surface area (Å²) in [4.78, 5) is 0. The van der Waals surface area contributed by atoms with Crippen LogP contribution in [0.15, 0.2) is 42.1 Å². The Morgan fingerprint density at radius 2 is 1.22 bits per heavy atom. The molecule has 128 valence electrons. The van der Waals surface area contributed by atoms with Gasteiger partial charge in [0, 0.05) is 0 Å². The fourth-order valence-corrected chi connectivity index (χ4v) is 25.1. The molecule has 1 aliphatic heterocycles. The van der Waals surface area contributed by atoms with E-state index in [1.54, 1.807) is 19.5 Å². The van der Waals surface area contributed by atoms with Gasteiger partial charge < -0.3 is 24.8 Å². The second kappa shape index (κ2) is 9.78. The van der Waals surface area contributed by atoms with E-state index in [9.17, 15) is 0 Å². The van der Waals surface area contributed by atoms with Crippen LogP contribution in [0, 0.1) is 0 Å². The normalized spacial score (nSPS) is 19.4. The Kier molecular flexibility index (Phi) is 9.12. The van der Waals surface area contributed by atoms with Gasteiger partial charge >= 0.3 is 136 Å². The van der Waals surface area contributed by atoms with E-state index in [0.717, 1.165) is 0 Å². The van der Waals surface area contributed by atoms with Gasteiger partial charge in [0.25, 0.3) is 0 Å². The first-order chi connectivity index (χ1) is 10.3. The predicted octanol–water partition coefficient (Wildman–Crippen LogP) is 0.807. The number of allylic oxidation sites excluding steroid dienone is 8. The van der Waals surface area contributed by atoms with Gasteiger partial charge in [-0.1, -0.05) is 0 Å². The van der Waals surface area contributed by atoms with E-state index < -0.39 is 20.0 Å². The third-order valence-electron chi connectivity index (χ3n) is 5.50. The summed E-state index contributed by atoms with van der Waals surface area (Å²) in [5.74, 6) is 0. The van der Waals surface area contributed by atoms with Crippen LogP contribution in [-0.2, 0) is 20.0 Å². The summed E-state index contributed by atoms with van der Waals surface area (Å²) < 4.78 is 7.14. The molecule has 0 radical (unpaired) electrons. The zero-order chi connectivity index (χ0) is 14.7. The first-order valence-corrected chi connectivity index (χ1v) is 17.8. The van der Waals surface area contributed by atoms with Crippen molar-refractivity contribution in [2.24, 2.45) is 0 Å². The maximum absolute atomic E-state index is 2.65. The van der Waals surface area contributed by atoms with Gasteiger partial charge in [-0.2, -0.15) is 0 Å². The number of hydrogen-bond donors (Lipinski definition) is 0. The Morgan fingerprint density at radius 1 is 0.783 bits per heavy atom. The molecule has 1 fully saturated rings. The second-order valence-corrected chi connectivity index (χ2v) is 23.1. The van der Waals surface area contributed by atoms with E-state index >= 15 is 0 Å². The third kappa shape index (κ3) is 4.95. The summed E-state index contributed by atoms with van der Waals surface area (Å²) >= 11 is -2.10. The van der Waals surface area contributed by atoms with E-state index in [4.69, 9.17) is 0 Å². The molecule has 0 spiro atoms. The quantitative estimate of drug-likeness (QED) is 0.417. The SMILES string of the molecule is CCCCC1=CC[C]([Hf+2]2([C]3=CC(CCCC)=CC3)[CH2][CH2]2)=C1.[Cl-].[Cl-]. The summed E-state index contributed by atoms with van der Waals surface area (Å²) in [6.45, 7) is 4.60. The van der Waals surface area contributed by atoms with E-state index in [1.165, 1.54) is 51.4 Å².